The van der Waals surface area contributed by atoms with Crippen LogP contribution in [-0.2, 0) is 6.61 Å². The highest BCUT2D eigenvalue weighted by atomic mass is 35.5. The third-order valence-electron chi connectivity index (χ3n) is 3.15. The number of rotatable bonds is 5. The van der Waals surface area contributed by atoms with Gasteiger partial charge in [0.2, 0.25) is 0 Å². The molecule has 0 saturated carbocycles. The van der Waals surface area contributed by atoms with Crippen LogP contribution in [0.4, 0.5) is 8.78 Å². The van der Waals surface area contributed by atoms with Crippen LogP contribution in [0, 0.1) is 11.6 Å². The molecule has 5 nitrogen and oxygen atoms in total. The summed E-state index contributed by atoms with van der Waals surface area (Å²) in [6.45, 7) is -0.179. The molecule has 1 aromatic heterocycles. The number of hydrogen-bond acceptors (Lipinski definition) is 4. The van der Waals surface area contributed by atoms with Gasteiger partial charge in [-0.25, -0.2) is 13.5 Å². The lowest BCUT2D eigenvalue weighted by Gasteiger charge is -2.07. The molecule has 1 heterocycles. The van der Waals surface area contributed by atoms with Crippen LogP contribution in [0.2, 0.25) is 5.02 Å². The van der Waals surface area contributed by atoms with Gasteiger partial charge in [-0.2, -0.15) is 0 Å². The molecule has 0 fully saturated rings. The maximum atomic E-state index is 13.7. The molecular formula is C16H10ClF2N3O2. The van der Waals surface area contributed by atoms with E-state index in [4.69, 9.17) is 16.3 Å². The van der Waals surface area contributed by atoms with Crippen molar-refractivity contribution in [2.75, 3.05) is 0 Å². The minimum atomic E-state index is -0.956. The van der Waals surface area contributed by atoms with E-state index in [1.165, 1.54) is 4.68 Å². The Morgan fingerprint density at radius 3 is 2.46 bits per heavy atom. The van der Waals surface area contributed by atoms with E-state index >= 15 is 0 Å². The van der Waals surface area contributed by atoms with Crippen LogP contribution in [0.3, 0.4) is 0 Å². The third kappa shape index (κ3) is 3.41. The van der Waals surface area contributed by atoms with Crippen LogP contribution in [0.1, 0.15) is 16.1 Å². The average Bonchev–Trinajstić information content (AvgIpc) is 3.03. The number of nitrogens with zero attached hydrogens (tertiary/aromatic N) is 3. The number of aldehydes is 1. The first-order valence-corrected chi connectivity index (χ1v) is 7.19. The van der Waals surface area contributed by atoms with Gasteiger partial charge in [-0.05, 0) is 36.4 Å². The lowest BCUT2D eigenvalue weighted by Crippen LogP contribution is -2.01. The molecule has 0 radical (unpaired) electrons. The van der Waals surface area contributed by atoms with E-state index in [0.717, 1.165) is 17.8 Å². The first-order valence-electron chi connectivity index (χ1n) is 6.81. The van der Waals surface area contributed by atoms with Crippen molar-refractivity contribution in [1.82, 2.24) is 15.0 Å². The predicted molar refractivity (Wildman–Crippen MR) is 82.4 cm³/mol. The number of carbonyl (C=O) groups is 1. The minimum absolute atomic E-state index is 0.106. The summed E-state index contributed by atoms with van der Waals surface area (Å²) in [4.78, 5) is 10.6. The van der Waals surface area contributed by atoms with Gasteiger partial charge in [-0.1, -0.05) is 16.8 Å². The fourth-order valence-corrected chi connectivity index (χ4v) is 2.14. The van der Waals surface area contributed by atoms with Crippen LogP contribution in [-0.4, -0.2) is 21.3 Å². The van der Waals surface area contributed by atoms with Gasteiger partial charge in [0.1, 0.15) is 18.6 Å². The zero-order valence-corrected chi connectivity index (χ0v) is 12.9. The number of ether oxygens (including phenoxy) is 1. The number of hydrogen-bond donors (Lipinski definition) is 0. The first-order chi connectivity index (χ1) is 11.6. The Morgan fingerprint density at radius 1 is 1.17 bits per heavy atom. The Bertz CT molecular complexity index is 858. The van der Waals surface area contributed by atoms with Gasteiger partial charge in [0.25, 0.3) is 0 Å². The van der Waals surface area contributed by atoms with E-state index in [2.05, 4.69) is 10.3 Å². The predicted octanol–water partition coefficient (Wildman–Crippen LogP) is 3.59. The molecule has 122 valence electrons. The van der Waals surface area contributed by atoms with Gasteiger partial charge in [-0.3, -0.25) is 4.79 Å². The summed E-state index contributed by atoms with van der Waals surface area (Å²) in [6, 6.07) is 8.70. The summed E-state index contributed by atoms with van der Waals surface area (Å²) in [5, 5.41) is 8.38. The fraction of sp³-hybridized carbons (Fsp3) is 0.0625. The molecule has 0 unspecified atom stereocenters. The summed E-state index contributed by atoms with van der Waals surface area (Å²) in [5.74, 6) is -2.48. The molecule has 0 amide bonds. The van der Waals surface area contributed by atoms with Gasteiger partial charge >= 0.3 is 0 Å². The van der Waals surface area contributed by atoms with Gasteiger partial charge < -0.3 is 4.74 Å². The number of carbonyl (C=O) groups excluding carboxylic acids is 1. The maximum absolute atomic E-state index is 13.7. The Kier molecular flexibility index (Phi) is 4.52. The zero-order chi connectivity index (χ0) is 17.1. The third-order valence-corrected chi connectivity index (χ3v) is 3.41. The van der Waals surface area contributed by atoms with Gasteiger partial charge in [0.15, 0.2) is 17.4 Å². The van der Waals surface area contributed by atoms with Crippen LogP contribution in [0.15, 0.2) is 42.6 Å². The Morgan fingerprint density at radius 2 is 1.83 bits per heavy atom. The fourth-order valence-electron chi connectivity index (χ4n) is 2.02. The molecular weight excluding hydrogens is 340 g/mol. The molecule has 0 saturated heterocycles. The van der Waals surface area contributed by atoms with Crippen molar-refractivity contribution in [2.45, 2.75) is 6.61 Å². The Hall–Kier alpha value is -2.80. The van der Waals surface area contributed by atoms with E-state index in [-0.39, 0.29) is 12.2 Å². The average molecular weight is 350 g/mol. The quantitative estimate of drug-likeness (QED) is 0.660. The lowest BCUT2D eigenvalue weighted by atomic mass is 10.2. The molecule has 0 bridgehead atoms. The maximum Gasteiger partial charge on any atom is 0.191 e. The molecule has 3 aromatic rings. The molecule has 0 atom stereocenters. The standard InChI is InChI=1S/C16H10ClF2N3O2/c17-11-1-3-13(4-2-11)22-7-12(20-21-22)9-24-16-14(18)5-10(8-23)6-15(16)19/h1-8H,9H2. The largest absolute Gasteiger partial charge is 0.481 e. The van der Waals surface area contributed by atoms with E-state index < -0.39 is 17.4 Å². The molecule has 3 rings (SSSR count). The second kappa shape index (κ2) is 6.76. The first kappa shape index (κ1) is 16.1. The molecule has 2 aromatic carbocycles. The summed E-state index contributed by atoms with van der Waals surface area (Å²) in [5.41, 5.74) is 1.00. The summed E-state index contributed by atoms with van der Waals surface area (Å²) >= 11 is 5.82. The summed E-state index contributed by atoms with van der Waals surface area (Å²) in [6.07, 6.45) is 1.92. The molecule has 0 aliphatic rings. The van der Waals surface area contributed by atoms with Crippen molar-refractivity contribution in [1.29, 1.82) is 0 Å². The smallest absolute Gasteiger partial charge is 0.191 e. The number of benzene rings is 2. The second-order valence-electron chi connectivity index (χ2n) is 4.85. The van der Waals surface area contributed by atoms with Crippen LogP contribution >= 0.6 is 11.6 Å². The van der Waals surface area contributed by atoms with Crippen molar-refractivity contribution in [3.63, 3.8) is 0 Å². The molecule has 0 aliphatic carbocycles. The number of halogens is 3. The zero-order valence-electron chi connectivity index (χ0n) is 12.1. The highest BCUT2D eigenvalue weighted by Crippen LogP contribution is 2.23. The van der Waals surface area contributed by atoms with Crippen LogP contribution in [0.25, 0.3) is 5.69 Å². The van der Waals surface area contributed by atoms with Crippen molar-refractivity contribution in [3.8, 4) is 11.4 Å². The molecule has 0 spiro atoms. The summed E-state index contributed by atoms with van der Waals surface area (Å²) in [7, 11) is 0. The van der Waals surface area contributed by atoms with Crippen LogP contribution in [0.5, 0.6) is 5.75 Å². The highest BCUT2D eigenvalue weighted by molar-refractivity contribution is 6.30. The van der Waals surface area contributed by atoms with Crippen molar-refractivity contribution >= 4 is 17.9 Å². The SMILES string of the molecule is O=Cc1cc(F)c(OCc2cn(-c3ccc(Cl)cc3)nn2)c(F)c1. The van der Waals surface area contributed by atoms with Crippen molar-refractivity contribution in [3.05, 3.63) is 70.5 Å². The summed E-state index contributed by atoms with van der Waals surface area (Å²) < 4.78 is 34.1. The van der Waals surface area contributed by atoms with Crippen molar-refractivity contribution in [2.24, 2.45) is 0 Å². The monoisotopic (exact) mass is 349 g/mol. The molecule has 8 heteroatoms. The molecule has 0 N–H and O–H groups in total. The second-order valence-corrected chi connectivity index (χ2v) is 5.29. The van der Waals surface area contributed by atoms with Gasteiger partial charge in [-0.15, -0.1) is 5.10 Å². The minimum Gasteiger partial charge on any atom is -0.481 e. The topological polar surface area (TPSA) is 57.0 Å². The van der Waals surface area contributed by atoms with Gasteiger partial charge in [0, 0.05) is 10.6 Å². The molecule has 0 aliphatic heterocycles. The normalized spacial score (nSPS) is 10.6. The van der Waals surface area contributed by atoms with E-state index in [9.17, 15) is 13.6 Å². The van der Waals surface area contributed by atoms with Crippen LogP contribution < -0.4 is 4.74 Å². The Balaban J connectivity index is 1.74. The van der Waals surface area contributed by atoms with E-state index in [0.29, 0.717) is 17.0 Å². The van der Waals surface area contributed by atoms with E-state index in [1.807, 2.05) is 0 Å². The number of aromatic nitrogens is 3. The molecule has 24 heavy (non-hydrogen) atoms. The lowest BCUT2D eigenvalue weighted by molar-refractivity contribution is 0.112. The Labute approximate surface area is 140 Å². The van der Waals surface area contributed by atoms with Gasteiger partial charge in [0.05, 0.1) is 11.9 Å². The highest BCUT2D eigenvalue weighted by Gasteiger charge is 2.14. The van der Waals surface area contributed by atoms with E-state index in [1.54, 1.807) is 30.5 Å². The van der Waals surface area contributed by atoms with Crippen molar-refractivity contribution < 1.29 is 18.3 Å².